The zero-order valence-electron chi connectivity index (χ0n) is 16.5. The van der Waals surface area contributed by atoms with Gasteiger partial charge in [-0.1, -0.05) is 54.1 Å². The van der Waals surface area contributed by atoms with Crippen molar-refractivity contribution in [2.45, 2.75) is 11.8 Å². The van der Waals surface area contributed by atoms with E-state index in [4.69, 9.17) is 0 Å². The van der Waals surface area contributed by atoms with Gasteiger partial charge in [-0.3, -0.25) is 0 Å². The van der Waals surface area contributed by atoms with E-state index in [9.17, 15) is 8.42 Å². The van der Waals surface area contributed by atoms with Crippen molar-refractivity contribution < 1.29 is 8.42 Å². The minimum absolute atomic E-state index is 0.283. The van der Waals surface area contributed by atoms with Gasteiger partial charge in [0.15, 0.2) is 0 Å². The summed E-state index contributed by atoms with van der Waals surface area (Å²) in [7, 11) is -1.82. The van der Waals surface area contributed by atoms with Crippen LogP contribution in [-0.2, 0) is 17.1 Å². The summed E-state index contributed by atoms with van der Waals surface area (Å²) in [4.78, 5) is 0.283. The van der Waals surface area contributed by atoms with Crippen LogP contribution in [0.3, 0.4) is 0 Å². The molecule has 0 unspecified atom stereocenters. The molecule has 6 heteroatoms. The molecule has 0 amide bonds. The first-order chi connectivity index (χ1) is 14.4. The van der Waals surface area contributed by atoms with E-state index in [1.54, 1.807) is 12.1 Å². The molecule has 150 valence electrons. The fourth-order valence-corrected chi connectivity index (χ4v) is 6.64. The van der Waals surface area contributed by atoms with E-state index in [2.05, 4.69) is 33.2 Å². The van der Waals surface area contributed by atoms with Crippen LogP contribution in [0.5, 0.6) is 0 Å². The fraction of sp³-hybridized carbons (Fsp3) is 0.0833. The Balaban J connectivity index is 1.91. The van der Waals surface area contributed by atoms with E-state index < -0.39 is 10.0 Å². The van der Waals surface area contributed by atoms with Crippen LogP contribution in [-0.4, -0.2) is 17.0 Å². The number of aryl methyl sites for hydroxylation is 2. The molecule has 0 aliphatic heterocycles. The predicted molar refractivity (Wildman–Crippen MR) is 130 cm³/mol. The van der Waals surface area contributed by atoms with Gasteiger partial charge in [0.05, 0.1) is 21.8 Å². The average molecular weight is 526 g/mol. The molecule has 0 bridgehead atoms. The Hall–Kier alpha value is -2.58. The predicted octanol–water partition coefficient (Wildman–Crippen LogP) is 5.95. The Kier molecular flexibility index (Phi) is 4.52. The number of aromatic nitrogens is 2. The van der Waals surface area contributed by atoms with Crippen molar-refractivity contribution in [2.24, 2.45) is 7.05 Å². The quantitative estimate of drug-likeness (QED) is 0.273. The van der Waals surface area contributed by atoms with Crippen LogP contribution in [0.25, 0.3) is 33.2 Å². The molecule has 5 rings (SSSR count). The highest BCUT2D eigenvalue weighted by Crippen LogP contribution is 2.39. The van der Waals surface area contributed by atoms with Crippen molar-refractivity contribution in [1.82, 2.24) is 8.54 Å². The molecular formula is C24H19IN2O2S. The van der Waals surface area contributed by atoms with E-state index >= 15 is 0 Å². The lowest BCUT2D eigenvalue weighted by Gasteiger charge is -2.13. The van der Waals surface area contributed by atoms with Gasteiger partial charge in [-0.05, 0) is 59.8 Å². The molecule has 0 spiro atoms. The Bertz CT molecular complexity index is 1530. The normalized spacial score (nSPS) is 12.1. The summed E-state index contributed by atoms with van der Waals surface area (Å²) in [5, 5.41) is 2.00. The highest BCUT2D eigenvalue weighted by molar-refractivity contribution is 14.1. The maximum atomic E-state index is 13.8. The van der Waals surface area contributed by atoms with E-state index in [0.29, 0.717) is 11.2 Å². The van der Waals surface area contributed by atoms with Crippen LogP contribution in [0.2, 0.25) is 0 Å². The summed E-state index contributed by atoms with van der Waals surface area (Å²) in [6.45, 7) is 1.95. The molecule has 2 aromatic heterocycles. The third kappa shape index (κ3) is 2.81. The highest BCUT2D eigenvalue weighted by atomic mass is 127. The van der Waals surface area contributed by atoms with Gasteiger partial charge in [-0.2, -0.15) is 0 Å². The zero-order valence-corrected chi connectivity index (χ0v) is 19.5. The highest BCUT2D eigenvalue weighted by Gasteiger charge is 2.28. The first-order valence-corrected chi connectivity index (χ1v) is 12.1. The third-order valence-electron chi connectivity index (χ3n) is 5.52. The lowest BCUT2D eigenvalue weighted by atomic mass is 10.2. The van der Waals surface area contributed by atoms with Gasteiger partial charge in [-0.15, -0.1) is 0 Å². The summed E-state index contributed by atoms with van der Waals surface area (Å²) in [5.74, 6) is 0. The second-order valence-corrected chi connectivity index (χ2v) is 10.3. The molecule has 0 fully saturated rings. The van der Waals surface area contributed by atoms with E-state index in [1.807, 2.05) is 74.6 Å². The smallest absolute Gasteiger partial charge is 0.268 e. The van der Waals surface area contributed by atoms with E-state index in [0.717, 1.165) is 31.1 Å². The minimum atomic E-state index is -3.80. The van der Waals surface area contributed by atoms with E-state index in [-0.39, 0.29) is 4.90 Å². The number of fused-ring (bicyclic) bond motifs is 2. The number of benzene rings is 3. The van der Waals surface area contributed by atoms with Crippen molar-refractivity contribution >= 4 is 54.4 Å². The standard InChI is InChI=1S/C24H19IN2O2S/c1-16-11-13-18(14-12-16)30(28,29)27-21-10-6-4-8-19(21)23(25)24(27)22-15-17-7-3-5-9-20(17)26(22)2/h3-15H,1-2H3. The lowest BCUT2D eigenvalue weighted by molar-refractivity contribution is 0.589. The molecule has 3 aromatic carbocycles. The minimum Gasteiger partial charge on any atom is -0.342 e. The number of hydrogen-bond acceptors (Lipinski definition) is 2. The van der Waals surface area contributed by atoms with Crippen molar-refractivity contribution in [1.29, 1.82) is 0 Å². The number of hydrogen-bond donors (Lipinski definition) is 0. The SMILES string of the molecule is Cc1ccc(S(=O)(=O)n2c(-c3cc4ccccc4n3C)c(I)c3ccccc32)cc1. The third-order valence-corrected chi connectivity index (χ3v) is 8.34. The molecule has 30 heavy (non-hydrogen) atoms. The van der Waals surface area contributed by atoms with Gasteiger partial charge in [0.25, 0.3) is 10.0 Å². The zero-order chi connectivity index (χ0) is 21.0. The number of halogens is 1. The van der Waals surface area contributed by atoms with Gasteiger partial charge < -0.3 is 4.57 Å². The molecule has 5 aromatic rings. The summed E-state index contributed by atoms with van der Waals surface area (Å²) in [6, 6.07) is 24.8. The van der Waals surface area contributed by atoms with Crippen LogP contribution < -0.4 is 0 Å². The van der Waals surface area contributed by atoms with Crippen molar-refractivity contribution in [3.63, 3.8) is 0 Å². The van der Waals surface area contributed by atoms with Crippen LogP contribution in [0.4, 0.5) is 0 Å². The van der Waals surface area contributed by atoms with Gasteiger partial charge >= 0.3 is 0 Å². The first kappa shape index (κ1) is 19.4. The molecule has 0 atom stereocenters. The summed E-state index contributed by atoms with van der Waals surface area (Å²) in [6.07, 6.45) is 0. The molecular weight excluding hydrogens is 507 g/mol. The second-order valence-electron chi connectivity index (χ2n) is 7.41. The molecule has 0 aliphatic rings. The van der Waals surface area contributed by atoms with Gasteiger partial charge in [0.2, 0.25) is 0 Å². The molecule has 0 N–H and O–H groups in total. The van der Waals surface area contributed by atoms with Gasteiger partial charge in [0.1, 0.15) is 0 Å². The van der Waals surface area contributed by atoms with Crippen LogP contribution in [0, 0.1) is 10.5 Å². The molecule has 0 aliphatic carbocycles. The maximum Gasteiger partial charge on any atom is 0.268 e. The molecule has 0 saturated heterocycles. The second kappa shape index (κ2) is 6.99. The van der Waals surface area contributed by atoms with Gasteiger partial charge in [-0.25, -0.2) is 12.4 Å². The summed E-state index contributed by atoms with van der Waals surface area (Å²) < 4.78 is 32.2. The van der Waals surface area contributed by atoms with Crippen molar-refractivity contribution in [2.75, 3.05) is 0 Å². The Morgan fingerprint density at radius 3 is 2.17 bits per heavy atom. The van der Waals surface area contributed by atoms with Crippen LogP contribution >= 0.6 is 22.6 Å². The average Bonchev–Trinajstić information content (AvgIpc) is 3.23. The Morgan fingerprint density at radius 2 is 1.47 bits per heavy atom. The number of rotatable bonds is 3. The molecule has 2 heterocycles. The largest absolute Gasteiger partial charge is 0.342 e. The Labute approximate surface area is 188 Å². The lowest BCUT2D eigenvalue weighted by Crippen LogP contribution is -2.15. The monoisotopic (exact) mass is 526 g/mol. The van der Waals surface area contributed by atoms with Gasteiger partial charge in [0, 0.05) is 26.9 Å². The van der Waals surface area contributed by atoms with Crippen molar-refractivity contribution in [3.8, 4) is 11.4 Å². The van der Waals surface area contributed by atoms with E-state index in [1.165, 1.54) is 3.97 Å². The number of nitrogens with zero attached hydrogens (tertiary/aromatic N) is 2. The topological polar surface area (TPSA) is 44.0 Å². The number of para-hydroxylation sites is 2. The Morgan fingerprint density at radius 1 is 0.833 bits per heavy atom. The summed E-state index contributed by atoms with van der Waals surface area (Å²) in [5.41, 5.74) is 4.33. The van der Waals surface area contributed by atoms with Crippen LogP contribution in [0.1, 0.15) is 5.56 Å². The summed E-state index contributed by atoms with van der Waals surface area (Å²) >= 11 is 2.27. The maximum absolute atomic E-state index is 13.8. The van der Waals surface area contributed by atoms with Crippen molar-refractivity contribution in [3.05, 3.63) is 88.0 Å². The fourth-order valence-electron chi connectivity index (χ4n) is 3.97. The molecule has 0 radical (unpaired) electrons. The van der Waals surface area contributed by atoms with Crippen LogP contribution in [0.15, 0.2) is 83.8 Å². The first-order valence-electron chi connectivity index (χ1n) is 9.55. The molecule has 0 saturated carbocycles. The molecule has 4 nitrogen and oxygen atoms in total.